The van der Waals surface area contributed by atoms with E-state index in [-0.39, 0.29) is 60.5 Å². The summed E-state index contributed by atoms with van der Waals surface area (Å²) in [6.07, 6.45) is -1.65. The molecule has 0 aliphatic carbocycles. The maximum Gasteiger partial charge on any atom is 0.418 e. The number of carbonyl (C=O) groups is 3. The van der Waals surface area contributed by atoms with Crippen molar-refractivity contribution >= 4 is 50.8 Å². The number of anilines is 2. The Morgan fingerprint density at radius 3 is 2.33 bits per heavy atom. The maximum absolute atomic E-state index is 13.9. The molecule has 5 rings (SSSR count). The summed E-state index contributed by atoms with van der Waals surface area (Å²) in [5.74, 6) is -1.71. The van der Waals surface area contributed by atoms with E-state index in [1.165, 1.54) is 11.0 Å². The third-order valence-electron chi connectivity index (χ3n) is 9.33. The van der Waals surface area contributed by atoms with E-state index in [0.29, 0.717) is 51.7 Å². The fourth-order valence-electron chi connectivity index (χ4n) is 6.84. The summed E-state index contributed by atoms with van der Waals surface area (Å²) < 4.78 is 67.1. The minimum absolute atomic E-state index is 0.0830. The monoisotopic (exact) mass is 712 g/mol. The Kier molecular flexibility index (Phi) is 10.8. The lowest BCUT2D eigenvalue weighted by Gasteiger charge is -2.38. The predicted molar refractivity (Wildman–Crippen MR) is 176 cm³/mol. The number of alkyl halides is 3. The van der Waals surface area contributed by atoms with Gasteiger partial charge in [0, 0.05) is 56.9 Å². The van der Waals surface area contributed by atoms with Crippen molar-refractivity contribution in [3.8, 4) is 0 Å². The van der Waals surface area contributed by atoms with Crippen molar-refractivity contribution in [3.05, 3.63) is 58.1 Å². The summed E-state index contributed by atoms with van der Waals surface area (Å²) >= 11 is 6.07. The standard InChI is InChI=1S/C32H40ClF3N6O5S/c1-48(46,47)39-23-7-11-41(12-8-23)30(44)22(16-20-17-25(32(34,35)36)29(37)26(33)18-20)19-28(43)40-13-9-24(10-14-40)42-15-6-21-4-2-3-5-27(21)38-31(42)45/h2-5,17-18,22-24,39H,6-16,19,37H2,1H3,(H,38,45)/t22-/m0/s1. The quantitative estimate of drug-likeness (QED) is 0.352. The molecule has 4 N–H and O–H groups in total. The minimum Gasteiger partial charge on any atom is -0.397 e. The van der Waals surface area contributed by atoms with E-state index >= 15 is 0 Å². The zero-order chi connectivity index (χ0) is 34.8. The molecule has 1 atom stereocenters. The molecule has 0 unspecified atom stereocenters. The number of nitrogen functional groups attached to an aromatic ring is 1. The molecular formula is C32H40ClF3N6O5S. The van der Waals surface area contributed by atoms with Gasteiger partial charge in [0.2, 0.25) is 21.8 Å². The van der Waals surface area contributed by atoms with E-state index in [0.717, 1.165) is 23.6 Å². The largest absolute Gasteiger partial charge is 0.418 e. The zero-order valence-corrected chi connectivity index (χ0v) is 28.1. The molecule has 0 bridgehead atoms. The van der Waals surface area contributed by atoms with Gasteiger partial charge in [-0.25, -0.2) is 17.9 Å². The van der Waals surface area contributed by atoms with E-state index in [4.69, 9.17) is 17.3 Å². The fourth-order valence-corrected chi connectivity index (χ4v) is 7.92. The van der Waals surface area contributed by atoms with Gasteiger partial charge in [0.25, 0.3) is 0 Å². The second kappa shape index (κ2) is 14.5. The number of likely N-dealkylation sites (tertiary alicyclic amines) is 2. The van der Waals surface area contributed by atoms with Gasteiger partial charge in [-0.2, -0.15) is 13.2 Å². The van der Waals surface area contributed by atoms with E-state index in [2.05, 4.69) is 10.0 Å². The van der Waals surface area contributed by atoms with E-state index in [1.54, 1.807) is 9.80 Å². The molecule has 0 radical (unpaired) electrons. The summed E-state index contributed by atoms with van der Waals surface area (Å²) in [6, 6.07) is 9.17. The highest BCUT2D eigenvalue weighted by molar-refractivity contribution is 7.88. The molecule has 16 heteroatoms. The van der Waals surface area contributed by atoms with Gasteiger partial charge in [0.1, 0.15) is 0 Å². The molecule has 3 aliphatic heterocycles. The van der Waals surface area contributed by atoms with E-state index < -0.39 is 39.3 Å². The lowest BCUT2D eigenvalue weighted by molar-refractivity contribution is -0.142. The third-order valence-corrected chi connectivity index (χ3v) is 10.4. The lowest BCUT2D eigenvalue weighted by atomic mass is 9.91. The molecule has 0 spiro atoms. The Morgan fingerprint density at radius 1 is 1.04 bits per heavy atom. The Morgan fingerprint density at radius 2 is 1.69 bits per heavy atom. The van der Waals surface area contributed by atoms with Gasteiger partial charge in [0.05, 0.1) is 28.4 Å². The van der Waals surface area contributed by atoms with Crippen molar-refractivity contribution < 1.29 is 36.0 Å². The molecule has 48 heavy (non-hydrogen) atoms. The highest BCUT2D eigenvalue weighted by Gasteiger charge is 2.37. The van der Waals surface area contributed by atoms with Crippen LogP contribution in [0.15, 0.2) is 36.4 Å². The van der Waals surface area contributed by atoms with Gasteiger partial charge in [-0.05, 0) is 67.9 Å². The van der Waals surface area contributed by atoms with Gasteiger partial charge in [-0.1, -0.05) is 29.8 Å². The van der Waals surface area contributed by atoms with Crippen LogP contribution in [0.5, 0.6) is 0 Å². The Labute approximate surface area is 283 Å². The summed E-state index contributed by atoms with van der Waals surface area (Å²) in [7, 11) is -3.44. The summed E-state index contributed by atoms with van der Waals surface area (Å²) in [4.78, 5) is 45.5. The highest BCUT2D eigenvalue weighted by Crippen LogP contribution is 2.38. The highest BCUT2D eigenvalue weighted by atomic mass is 35.5. The van der Waals surface area contributed by atoms with Crippen LogP contribution in [0.25, 0.3) is 0 Å². The number of nitrogens with one attached hydrogen (secondary N) is 2. The number of hydrogen-bond acceptors (Lipinski definition) is 6. The number of sulfonamides is 1. The number of halogens is 4. The number of urea groups is 1. The average Bonchev–Trinajstić information content (AvgIpc) is 3.19. The number of rotatable bonds is 8. The molecule has 0 aromatic heterocycles. The topological polar surface area (TPSA) is 145 Å². The zero-order valence-electron chi connectivity index (χ0n) is 26.6. The minimum atomic E-state index is -4.77. The van der Waals surface area contributed by atoms with Gasteiger partial charge in [0.15, 0.2) is 0 Å². The van der Waals surface area contributed by atoms with Gasteiger partial charge >= 0.3 is 12.2 Å². The van der Waals surface area contributed by atoms with Crippen molar-refractivity contribution in [3.63, 3.8) is 0 Å². The van der Waals surface area contributed by atoms with Gasteiger partial charge < -0.3 is 25.8 Å². The Bertz CT molecular complexity index is 1640. The van der Waals surface area contributed by atoms with Crippen LogP contribution in [-0.4, -0.2) is 92.0 Å². The number of piperidine rings is 2. The number of benzene rings is 2. The predicted octanol–water partition coefficient (Wildman–Crippen LogP) is 4.11. The number of hydrogen-bond donors (Lipinski definition) is 3. The molecular weight excluding hydrogens is 673 g/mol. The molecule has 4 amide bonds. The van der Waals surface area contributed by atoms with Crippen LogP contribution < -0.4 is 15.8 Å². The summed E-state index contributed by atoms with van der Waals surface area (Å²) in [6.45, 7) is 1.70. The normalized spacial score (nSPS) is 19.0. The number of fused-ring (bicyclic) bond motifs is 1. The smallest absolute Gasteiger partial charge is 0.397 e. The second-order valence-electron chi connectivity index (χ2n) is 12.8. The second-order valence-corrected chi connectivity index (χ2v) is 15.0. The molecule has 2 aromatic rings. The Hall–Kier alpha value is -3.56. The van der Waals surface area contributed by atoms with Crippen molar-refractivity contribution in [2.45, 2.75) is 63.2 Å². The van der Waals surface area contributed by atoms with E-state index in [1.807, 2.05) is 24.3 Å². The van der Waals surface area contributed by atoms with Crippen LogP contribution in [0.1, 0.15) is 48.8 Å². The molecule has 2 aromatic carbocycles. The maximum atomic E-state index is 13.9. The first-order valence-corrected chi connectivity index (χ1v) is 18.2. The van der Waals surface area contributed by atoms with Crippen molar-refractivity contribution in [2.24, 2.45) is 5.92 Å². The number of nitrogens with zero attached hydrogens (tertiary/aromatic N) is 3. The average molecular weight is 713 g/mol. The number of carbonyl (C=O) groups excluding carboxylic acids is 3. The SMILES string of the molecule is CS(=O)(=O)NC1CCN(C(=O)[C@H](CC(=O)N2CCC(N3CCc4ccccc4NC3=O)CC2)Cc2cc(Cl)c(N)c(C(F)(F)F)c2)CC1. The number of nitrogens with two attached hydrogens (primary N) is 1. The fraction of sp³-hybridized carbons (Fsp3) is 0.531. The first-order chi connectivity index (χ1) is 22.6. The molecule has 2 fully saturated rings. The first kappa shape index (κ1) is 35.7. The van der Waals surface area contributed by atoms with Crippen LogP contribution in [0, 0.1) is 5.92 Å². The molecule has 11 nitrogen and oxygen atoms in total. The third kappa shape index (κ3) is 8.72. The summed E-state index contributed by atoms with van der Waals surface area (Å²) in [5, 5.41) is 2.68. The number of amides is 4. The lowest BCUT2D eigenvalue weighted by Crippen LogP contribution is -2.51. The van der Waals surface area contributed by atoms with Crippen LogP contribution in [-0.2, 0) is 38.6 Å². The number of para-hydroxylation sites is 1. The molecule has 3 aliphatic rings. The molecule has 0 saturated carbocycles. The summed E-state index contributed by atoms with van der Waals surface area (Å²) in [5.41, 5.74) is 5.85. The van der Waals surface area contributed by atoms with Gasteiger partial charge in [-0.15, -0.1) is 0 Å². The molecule has 2 saturated heterocycles. The van der Waals surface area contributed by atoms with E-state index in [9.17, 15) is 36.0 Å². The van der Waals surface area contributed by atoms with Crippen molar-refractivity contribution in [1.29, 1.82) is 0 Å². The van der Waals surface area contributed by atoms with Crippen molar-refractivity contribution in [2.75, 3.05) is 50.0 Å². The molecule has 3 heterocycles. The Balaban J connectivity index is 1.27. The van der Waals surface area contributed by atoms with Gasteiger partial charge in [-0.3, -0.25) is 9.59 Å². The van der Waals surface area contributed by atoms with Crippen molar-refractivity contribution in [1.82, 2.24) is 19.4 Å². The van der Waals surface area contributed by atoms with Crippen LogP contribution in [0.3, 0.4) is 0 Å². The van der Waals surface area contributed by atoms with Crippen LogP contribution >= 0.6 is 11.6 Å². The van der Waals surface area contributed by atoms with Crippen LogP contribution in [0.4, 0.5) is 29.3 Å². The first-order valence-electron chi connectivity index (χ1n) is 15.9. The molecule has 262 valence electrons. The van der Waals surface area contributed by atoms with Crippen LogP contribution in [0.2, 0.25) is 5.02 Å².